The lowest BCUT2D eigenvalue weighted by Gasteiger charge is -2.26. The minimum absolute atomic E-state index is 0.224. The maximum Gasteiger partial charge on any atom is 0.309 e. The summed E-state index contributed by atoms with van der Waals surface area (Å²) in [7, 11) is -3.61. The molecule has 0 amide bonds. The zero-order chi connectivity index (χ0) is 16.8. The highest BCUT2D eigenvalue weighted by atomic mass is 31.2. The molecule has 0 aliphatic rings. The number of carboxylic acids is 1. The summed E-state index contributed by atoms with van der Waals surface area (Å²) in [6, 6.07) is 8.20. The van der Waals surface area contributed by atoms with E-state index in [0.717, 1.165) is 0 Å². The summed E-state index contributed by atoms with van der Waals surface area (Å²) >= 11 is 0. The molecule has 4 atom stereocenters. The van der Waals surface area contributed by atoms with Crippen molar-refractivity contribution in [1.82, 2.24) is 0 Å². The summed E-state index contributed by atoms with van der Waals surface area (Å²) in [5.74, 6) is -2.46. The molecule has 7 heteroatoms. The average molecular weight is 330 g/mol. The number of benzene rings is 1. The van der Waals surface area contributed by atoms with Crippen molar-refractivity contribution in [2.45, 2.75) is 39.1 Å². The molecule has 4 unspecified atom stereocenters. The Hall–Kier alpha value is -1.20. The van der Waals surface area contributed by atoms with E-state index in [4.69, 9.17) is 4.52 Å². The van der Waals surface area contributed by atoms with E-state index in [-0.39, 0.29) is 19.0 Å². The molecule has 0 heterocycles. The zero-order valence-electron chi connectivity index (χ0n) is 12.8. The van der Waals surface area contributed by atoms with Crippen molar-refractivity contribution in [3.63, 3.8) is 0 Å². The molecule has 1 aromatic rings. The highest BCUT2D eigenvalue weighted by Gasteiger charge is 2.37. The van der Waals surface area contributed by atoms with Gasteiger partial charge in [-0.3, -0.25) is 13.9 Å². The van der Waals surface area contributed by atoms with Crippen LogP contribution < -0.4 is 5.30 Å². The third-order valence-electron chi connectivity index (χ3n) is 3.43. The van der Waals surface area contributed by atoms with Crippen LogP contribution in [-0.4, -0.2) is 39.8 Å². The molecule has 0 saturated carbocycles. The van der Waals surface area contributed by atoms with Gasteiger partial charge in [0.05, 0.1) is 12.0 Å². The number of hydrogen-bond acceptors (Lipinski definition) is 5. The van der Waals surface area contributed by atoms with Crippen LogP contribution >= 0.6 is 7.37 Å². The van der Waals surface area contributed by atoms with Crippen molar-refractivity contribution >= 4 is 18.6 Å². The third-order valence-corrected chi connectivity index (χ3v) is 5.97. The van der Waals surface area contributed by atoms with E-state index in [9.17, 15) is 24.7 Å². The van der Waals surface area contributed by atoms with E-state index in [2.05, 4.69) is 0 Å². The van der Waals surface area contributed by atoms with Crippen LogP contribution in [0.15, 0.2) is 30.3 Å². The Bertz CT molecular complexity index is 518. The first-order valence-electron chi connectivity index (χ1n) is 7.26. The zero-order valence-corrected chi connectivity index (χ0v) is 13.6. The number of carboxylic acid groups (broad SMARTS) is 1. The quantitative estimate of drug-likeness (QED) is 0.471. The van der Waals surface area contributed by atoms with E-state index >= 15 is 0 Å². The first-order chi connectivity index (χ1) is 10.3. The number of hydrogen-bond donors (Lipinski definition) is 3. The number of carbonyl (C=O) groups is 1. The Morgan fingerprint density at radius 2 is 1.77 bits per heavy atom. The molecule has 3 N–H and O–H groups in total. The van der Waals surface area contributed by atoms with Gasteiger partial charge in [-0.2, -0.15) is 0 Å². The molecule has 124 valence electrons. The van der Waals surface area contributed by atoms with Crippen LogP contribution in [0.2, 0.25) is 0 Å². The molecule has 1 aromatic carbocycles. The second-order valence-electron chi connectivity index (χ2n) is 5.08. The fraction of sp³-hybridized carbons (Fsp3) is 0.533. The predicted octanol–water partition coefficient (Wildman–Crippen LogP) is 1.81. The number of rotatable bonds is 9. The van der Waals surface area contributed by atoms with E-state index < -0.39 is 31.7 Å². The van der Waals surface area contributed by atoms with Crippen LogP contribution in [0.1, 0.15) is 26.7 Å². The summed E-state index contributed by atoms with van der Waals surface area (Å²) in [4.78, 5) is 11.4. The summed E-state index contributed by atoms with van der Waals surface area (Å²) < 4.78 is 18.4. The van der Waals surface area contributed by atoms with E-state index in [0.29, 0.717) is 5.30 Å². The van der Waals surface area contributed by atoms with Gasteiger partial charge in [0.2, 0.25) is 7.37 Å². The highest BCUT2D eigenvalue weighted by Crippen LogP contribution is 2.49. The maximum atomic E-state index is 13.2. The second kappa shape index (κ2) is 8.44. The van der Waals surface area contributed by atoms with Crippen LogP contribution in [0.4, 0.5) is 0 Å². The Labute approximate surface area is 130 Å². The molecule has 22 heavy (non-hydrogen) atoms. The van der Waals surface area contributed by atoms with Gasteiger partial charge in [0.25, 0.3) is 0 Å². The largest absolute Gasteiger partial charge is 0.481 e. The van der Waals surface area contributed by atoms with Gasteiger partial charge in [-0.15, -0.1) is 0 Å². The SMILES string of the molecule is CCC(O)OP(=O)(CC(C(=O)O)C(O)CC)c1ccccc1. The van der Waals surface area contributed by atoms with Gasteiger partial charge in [0.1, 0.15) is 0 Å². The van der Waals surface area contributed by atoms with Gasteiger partial charge in [-0.1, -0.05) is 32.0 Å². The molecular weight excluding hydrogens is 307 g/mol. The van der Waals surface area contributed by atoms with E-state index in [1.807, 2.05) is 0 Å². The Morgan fingerprint density at radius 3 is 2.23 bits per heavy atom. The Morgan fingerprint density at radius 1 is 1.18 bits per heavy atom. The molecule has 0 fully saturated rings. The molecule has 0 spiro atoms. The van der Waals surface area contributed by atoms with Gasteiger partial charge >= 0.3 is 5.97 Å². The van der Waals surface area contributed by atoms with Gasteiger partial charge in [0, 0.05) is 11.5 Å². The Kier molecular flexibility index (Phi) is 7.23. The van der Waals surface area contributed by atoms with Crippen molar-refractivity contribution in [1.29, 1.82) is 0 Å². The van der Waals surface area contributed by atoms with Crippen molar-refractivity contribution in [3.05, 3.63) is 30.3 Å². The van der Waals surface area contributed by atoms with Crippen molar-refractivity contribution < 1.29 is 29.2 Å². The van der Waals surface area contributed by atoms with Crippen molar-refractivity contribution in [2.24, 2.45) is 5.92 Å². The molecular formula is C15H23O6P. The lowest BCUT2D eigenvalue weighted by atomic mass is 10.0. The average Bonchev–Trinajstić information content (AvgIpc) is 2.52. The normalized spacial score (nSPS) is 18.2. The molecule has 0 bridgehead atoms. The molecule has 6 nitrogen and oxygen atoms in total. The minimum atomic E-state index is -3.61. The first-order valence-corrected chi connectivity index (χ1v) is 9.07. The lowest BCUT2D eigenvalue weighted by Crippen LogP contribution is -2.33. The fourth-order valence-electron chi connectivity index (χ4n) is 2.04. The van der Waals surface area contributed by atoms with Gasteiger partial charge < -0.3 is 15.3 Å². The Balaban J connectivity index is 3.15. The lowest BCUT2D eigenvalue weighted by molar-refractivity contribution is -0.144. The van der Waals surface area contributed by atoms with Crippen LogP contribution in [0.3, 0.4) is 0 Å². The second-order valence-corrected chi connectivity index (χ2v) is 7.52. The van der Waals surface area contributed by atoms with Crippen LogP contribution in [0.25, 0.3) is 0 Å². The monoisotopic (exact) mass is 330 g/mol. The number of aliphatic carboxylic acids is 1. The highest BCUT2D eigenvalue weighted by molar-refractivity contribution is 7.67. The van der Waals surface area contributed by atoms with Crippen molar-refractivity contribution in [2.75, 3.05) is 6.16 Å². The standard InChI is InChI=1S/C15H23O6P/c1-3-13(16)12(15(18)19)10-22(20,21-14(17)4-2)11-8-6-5-7-9-11/h5-9,12-14,16-17H,3-4,10H2,1-2H3,(H,18,19). The topological polar surface area (TPSA) is 104 Å². The van der Waals surface area contributed by atoms with Gasteiger partial charge in [-0.05, 0) is 25.0 Å². The van der Waals surface area contributed by atoms with Gasteiger partial charge in [0.15, 0.2) is 6.29 Å². The van der Waals surface area contributed by atoms with Crippen LogP contribution in [-0.2, 0) is 13.9 Å². The molecule has 0 aromatic heterocycles. The third kappa shape index (κ3) is 4.92. The first kappa shape index (κ1) is 18.8. The predicted molar refractivity (Wildman–Crippen MR) is 83.4 cm³/mol. The van der Waals surface area contributed by atoms with E-state index in [1.54, 1.807) is 44.2 Å². The minimum Gasteiger partial charge on any atom is -0.481 e. The molecule has 1 rings (SSSR count). The molecule has 0 aliphatic carbocycles. The van der Waals surface area contributed by atoms with Crippen LogP contribution in [0, 0.1) is 5.92 Å². The van der Waals surface area contributed by atoms with Gasteiger partial charge in [-0.25, -0.2) is 0 Å². The summed E-state index contributed by atoms with van der Waals surface area (Å²) in [6.45, 7) is 3.31. The number of aliphatic hydroxyl groups excluding tert-OH is 2. The fourth-order valence-corrected chi connectivity index (χ4v) is 4.55. The van der Waals surface area contributed by atoms with Crippen LogP contribution in [0.5, 0.6) is 0 Å². The molecule has 0 saturated heterocycles. The summed E-state index contributed by atoms with van der Waals surface area (Å²) in [5, 5.41) is 29.2. The summed E-state index contributed by atoms with van der Waals surface area (Å²) in [5.41, 5.74) is 0. The maximum absolute atomic E-state index is 13.2. The summed E-state index contributed by atoms with van der Waals surface area (Å²) in [6.07, 6.45) is -2.29. The molecule has 0 radical (unpaired) electrons. The van der Waals surface area contributed by atoms with Crippen molar-refractivity contribution in [3.8, 4) is 0 Å². The smallest absolute Gasteiger partial charge is 0.309 e. The molecule has 0 aliphatic heterocycles. The van der Waals surface area contributed by atoms with E-state index in [1.165, 1.54) is 0 Å². The number of aliphatic hydroxyl groups is 2.